The molecule has 0 bridgehead atoms. The lowest BCUT2D eigenvalue weighted by Gasteiger charge is -2.37. The van der Waals surface area contributed by atoms with Crippen molar-refractivity contribution in [1.82, 2.24) is 5.06 Å². The van der Waals surface area contributed by atoms with Crippen LogP contribution >= 0.6 is 7.60 Å². The Labute approximate surface area is 305 Å². The second kappa shape index (κ2) is 30.9. The van der Waals surface area contributed by atoms with Gasteiger partial charge in [0.2, 0.25) is 0 Å². The van der Waals surface area contributed by atoms with E-state index in [-0.39, 0.29) is 0 Å². The summed E-state index contributed by atoms with van der Waals surface area (Å²) < 4.78 is 26.9. The Morgan fingerprint density at radius 3 is 1.08 bits per heavy atom. The minimum absolute atomic E-state index is 0.357. The molecule has 0 aromatic heterocycles. The minimum atomic E-state index is -3.76. The van der Waals surface area contributed by atoms with Crippen molar-refractivity contribution in [2.45, 2.75) is 226 Å². The quantitative estimate of drug-likeness (QED) is 0.0400. The van der Waals surface area contributed by atoms with Gasteiger partial charge in [-0.25, -0.2) is 0 Å². The average molecular weight is 707 g/mol. The summed E-state index contributed by atoms with van der Waals surface area (Å²) in [6.07, 6.45) is 35.9. The zero-order valence-corrected chi connectivity index (χ0v) is 34.1. The SMILES string of the molecule is CCCCCCCCCCCCCCCCOP(=O)(OCCCCCCCCCCCCCCCC)C(c1ccccc1)N([O])C(C)(C)C. The Bertz CT molecular complexity index is 852. The maximum absolute atomic E-state index is 14.6. The molecule has 0 heterocycles. The summed E-state index contributed by atoms with van der Waals surface area (Å²) in [6, 6.07) is 9.46. The van der Waals surface area contributed by atoms with Gasteiger partial charge in [0.1, 0.15) is 0 Å². The Balaban J connectivity index is 2.46. The lowest BCUT2D eigenvalue weighted by atomic mass is 10.0. The van der Waals surface area contributed by atoms with Crippen LogP contribution in [0.5, 0.6) is 0 Å². The molecule has 0 spiro atoms. The second-order valence-electron chi connectivity index (χ2n) is 15.7. The van der Waals surface area contributed by atoms with Crippen molar-refractivity contribution in [1.29, 1.82) is 0 Å². The molecule has 0 saturated heterocycles. The fraction of sp³-hybridized carbons (Fsp3) is 0.860. The highest BCUT2D eigenvalue weighted by atomic mass is 31.2. The maximum atomic E-state index is 14.6. The van der Waals surface area contributed by atoms with Gasteiger partial charge in [0.25, 0.3) is 0 Å². The molecule has 1 rings (SSSR count). The van der Waals surface area contributed by atoms with E-state index in [0.717, 1.165) is 30.7 Å². The summed E-state index contributed by atoms with van der Waals surface area (Å²) >= 11 is 0. The number of rotatable bonds is 35. The second-order valence-corrected chi connectivity index (χ2v) is 17.8. The molecule has 287 valence electrons. The largest absolute Gasteiger partial charge is 0.354 e. The third kappa shape index (κ3) is 24.2. The highest BCUT2D eigenvalue weighted by Gasteiger charge is 2.46. The first-order chi connectivity index (χ1) is 23.8. The molecule has 0 aliphatic rings. The summed E-state index contributed by atoms with van der Waals surface area (Å²) in [5, 5.41) is 14.7. The van der Waals surface area contributed by atoms with Gasteiger partial charge in [0.15, 0.2) is 5.78 Å². The lowest BCUT2D eigenvalue weighted by molar-refractivity contribution is -0.228. The number of nitrogens with zero attached hydrogens (tertiary/aromatic N) is 1. The van der Waals surface area contributed by atoms with Gasteiger partial charge in [-0.15, -0.1) is 10.3 Å². The summed E-state index contributed by atoms with van der Waals surface area (Å²) in [5.41, 5.74) is -0.0508. The van der Waals surface area contributed by atoms with Crippen LogP contribution in [0.15, 0.2) is 30.3 Å². The first-order valence-electron chi connectivity index (χ1n) is 21.2. The van der Waals surface area contributed by atoms with Gasteiger partial charge in [-0.3, -0.25) is 4.57 Å². The van der Waals surface area contributed by atoms with E-state index in [0.29, 0.717) is 18.8 Å². The van der Waals surface area contributed by atoms with Gasteiger partial charge in [-0.2, -0.15) is 0 Å². The van der Waals surface area contributed by atoms with Gasteiger partial charge >= 0.3 is 7.60 Å². The van der Waals surface area contributed by atoms with E-state index in [1.54, 1.807) is 0 Å². The molecule has 5 nitrogen and oxygen atoms in total. The fourth-order valence-corrected chi connectivity index (χ4v) is 8.86. The predicted octanol–water partition coefficient (Wildman–Crippen LogP) is 15.3. The Kier molecular flexibility index (Phi) is 29.2. The number of hydrogen-bond acceptors (Lipinski definition) is 4. The molecule has 0 saturated carbocycles. The number of hydroxylamine groups is 2. The first kappa shape index (κ1) is 46.3. The zero-order valence-electron chi connectivity index (χ0n) is 33.2. The van der Waals surface area contributed by atoms with Crippen LogP contribution in [0, 0.1) is 0 Å². The molecule has 0 aliphatic heterocycles. The van der Waals surface area contributed by atoms with E-state index in [1.807, 2.05) is 51.1 Å². The summed E-state index contributed by atoms with van der Waals surface area (Å²) in [4.78, 5) is 0. The molecule has 1 unspecified atom stereocenters. The molecule has 6 heteroatoms. The van der Waals surface area contributed by atoms with E-state index in [1.165, 1.54) is 154 Å². The minimum Gasteiger partial charge on any atom is -0.307 e. The van der Waals surface area contributed by atoms with Crippen LogP contribution < -0.4 is 0 Å². The van der Waals surface area contributed by atoms with E-state index in [4.69, 9.17) is 9.05 Å². The molecule has 1 aromatic rings. The Hall–Kier alpha value is -0.710. The molecule has 1 atom stereocenters. The van der Waals surface area contributed by atoms with Crippen molar-refractivity contribution < 1.29 is 18.8 Å². The van der Waals surface area contributed by atoms with Crippen LogP contribution in [-0.2, 0) is 18.8 Å². The predicted molar refractivity (Wildman–Crippen MR) is 212 cm³/mol. The fourth-order valence-electron chi connectivity index (χ4n) is 6.59. The van der Waals surface area contributed by atoms with Gasteiger partial charge in [0, 0.05) is 5.54 Å². The standard InChI is InChI=1S/C43H81NO4P/c1-6-8-10-12-14-16-18-20-22-24-26-28-30-35-39-47-49(46,42(44(45)43(3,4)5)41-37-33-32-34-38-41)48-40-36-31-29-27-25-23-21-19-17-15-13-11-9-7-2/h32-34,37-38,42H,6-31,35-36,39-40H2,1-5H3. The van der Waals surface area contributed by atoms with Crippen molar-refractivity contribution in [3.8, 4) is 0 Å². The zero-order chi connectivity index (χ0) is 35.9. The number of benzene rings is 1. The van der Waals surface area contributed by atoms with Crippen LogP contribution in [0.25, 0.3) is 0 Å². The summed E-state index contributed by atoms with van der Waals surface area (Å²) in [6.45, 7) is 10.9. The van der Waals surface area contributed by atoms with Crippen LogP contribution in [0.1, 0.15) is 226 Å². The van der Waals surface area contributed by atoms with E-state index < -0.39 is 18.9 Å². The third-order valence-corrected chi connectivity index (χ3v) is 12.0. The van der Waals surface area contributed by atoms with Crippen molar-refractivity contribution in [2.75, 3.05) is 13.2 Å². The van der Waals surface area contributed by atoms with Crippen LogP contribution in [-0.4, -0.2) is 23.8 Å². The van der Waals surface area contributed by atoms with Gasteiger partial charge < -0.3 is 9.05 Å². The van der Waals surface area contributed by atoms with Gasteiger partial charge in [-0.05, 0) is 39.2 Å². The smallest absolute Gasteiger partial charge is 0.307 e. The molecule has 49 heavy (non-hydrogen) atoms. The van der Waals surface area contributed by atoms with E-state index >= 15 is 0 Å². The van der Waals surface area contributed by atoms with Crippen molar-refractivity contribution >= 4 is 7.60 Å². The molecule has 0 amide bonds. The molecule has 0 fully saturated rings. The molecule has 0 N–H and O–H groups in total. The highest BCUT2D eigenvalue weighted by molar-refractivity contribution is 7.54. The molecule has 0 aliphatic carbocycles. The average Bonchev–Trinajstić information content (AvgIpc) is 3.08. The first-order valence-corrected chi connectivity index (χ1v) is 22.8. The van der Waals surface area contributed by atoms with Gasteiger partial charge in [-0.1, -0.05) is 211 Å². The van der Waals surface area contributed by atoms with Crippen LogP contribution in [0.4, 0.5) is 0 Å². The van der Waals surface area contributed by atoms with Crippen molar-refractivity contribution in [3.05, 3.63) is 35.9 Å². The highest BCUT2D eigenvalue weighted by Crippen LogP contribution is 2.63. The molecular weight excluding hydrogens is 625 g/mol. The van der Waals surface area contributed by atoms with Gasteiger partial charge in [0.05, 0.1) is 13.2 Å². The number of unbranched alkanes of at least 4 members (excludes halogenated alkanes) is 26. The normalized spacial score (nSPS) is 13.0. The topological polar surface area (TPSA) is 58.7 Å². The maximum Gasteiger partial charge on any atom is 0.354 e. The third-order valence-electron chi connectivity index (χ3n) is 9.82. The van der Waals surface area contributed by atoms with E-state index in [2.05, 4.69) is 13.8 Å². The number of hydrogen-bond donors (Lipinski definition) is 0. The molecule has 1 radical (unpaired) electrons. The monoisotopic (exact) mass is 707 g/mol. The van der Waals surface area contributed by atoms with Crippen molar-refractivity contribution in [3.63, 3.8) is 0 Å². The summed E-state index contributed by atoms with van der Waals surface area (Å²) in [7, 11) is -3.76. The van der Waals surface area contributed by atoms with E-state index in [9.17, 15) is 9.77 Å². The van der Waals surface area contributed by atoms with Crippen LogP contribution in [0.3, 0.4) is 0 Å². The molecule has 1 aromatic carbocycles. The van der Waals surface area contributed by atoms with Crippen molar-refractivity contribution in [2.24, 2.45) is 0 Å². The Morgan fingerprint density at radius 2 is 0.796 bits per heavy atom. The Morgan fingerprint density at radius 1 is 0.510 bits per heavy atom. The lowest BCUT2D eigenvalue weighted by Crippen LogP contribution is -2.40. The van der Waals surface area contributed by atoms with Crippen LogP contribution in [0.2, 0.25) is 0 Å². The summed E-state index contributed by atoms with van der Waals surface area (Å²) in [5.74, 6) is -0.980. The molecular formula is C43H81NO4P.